The minimum atomic E-state index is -0.876. The molecule has 5 amide bonds. The molecule has 0 atom stereocenters. The fourth-order valence-corrected chi connectivity index (χ4v) is 4.00. The number of hydrogen-bond acceptors (Lipinski definition) is 6. The van der Waals surface area contributed by atoms with Crippen molar-refractivity contribution in [1.82, 2.24) is 5.32 Å². The molecule has 0 aliphatic carbocycles. The number of anilines is 2. The van der Waals surface area contributed by atoms with Crippen LogP contribution in [-0.2, 0) is 14.4 Å². The number of benzene rings is 3. The third kappa shape index (κ3) is 5.99. The predicted molar refractivity (Wildman–Crippen MR) is 142 cm³/mol. The van der Waals surface area contributed by atoms with Crippen molar-refractivity contribution in [1.29, 1.82) is 0 Å². The summed E-state index contributed by atoms with van der Waals surface area (Å²) >= 11 is 9.43. The average Bonchev–Trinajstić information content (AvgIpc) is 2.87. The first-order chi connectivity index (χ1) is 17.8. The number of carbonyl (C=O) groups is 4. The second kappa shape index (κ2) is 11.3. The summed E-state index contributed by atoms with van der Waals surface area (Å²) in [7, 11) is 1.49. The normalized spacial score (nSPS) is 14.4. The fourth-order valence-electron chi connectivity index (χ4n) is 3.43. The molecule has 1 aliphatic heterocycles. The highest BCUT2D eigenvalue weighted by Crippen LogP contribution is 2.29. The van der Waals surface area contributed by atoms with Crippen LogP contribution in [-0.4, -0.2) is 37.5 Å². The lowest BCUT2D eigenvalue weighted by Crippen LogP contribution is -2.54. The Bertz CT molecular complexity index is 1420. The number of urea groups is 1. The Morgan fingerprint density at radius 3 is 2.51 bits per heavy atom. The molecule has 1 aliphatic rings. The molecule has 9 nitrogen and oxygen atoms in total. The number of ether oxygens (including phenoxy) is 2. The number of nitrogens with zero attached hydrogens (tertiary/aromatic N) is 1. The predicted octanol–water partition coefficient (Wildman–Crippen LogP) is 4.80. The van der Waals surface area contributed by atoms with Crippen LogP contribution in [0.4, 0.5) is 16.2 Å². The van der Waals surface area contributed by atoms with Crippen LogP contribution >= 0.6 is 27.5 Å². The molecule has 188 valence electrons. The van der Waals surface area contributed by atoms with Crippen LogP contribution in [0.15, 0.2) is 76.8 Å². The van der Waals surface area contributed by atoms with Crippen LogP contribution < -0.4 is 25.0 Å². The second-order valence-corrected chi connectivity index (χ2v) is 8.98. The molecule has 0 unspecified atom stereocenters. The van der Waals surface area contributed by atoms with E-state index in [-0.39, 0.29) is 23.6 Å². The first-order valence-electron chi connectivity index (χ1n) is 10.8. The minimum absolute atomic E-state index is 0.235. The van der Waals surface area contributed by atoms with Crippen LogP contribution in [0.5, 0.6) is 11.5 Å². The van der Waals surface area contributed by atoms with Gasteiger partial charge in [0.2, 0.25) is 0 Å². The molecular formula is C26H19BrClN3O6. The lowest BCUT2D eigenvalue weighted by atomic mass is 10.1. The fraction of sp³-hybridized carbons (Fsp3) is 0.0769. The van der Waals surface area contributed by atoms with E-state index in [1.807, 2.05) is 0 Å². The number of carbonyl (C=O) groups excluding carboxylic acids is 4. The van der Waals surface area contributed by atoms with Gasteiger partial charge >= 0.3 is 6.03 Å². The zero-order valence-electron chi connectivity index (χ0n) is 19.3. The zero-order chi connectivity index (χ0) is 26.5. The van der Waals surface area contributed by atoms with Crippen molar-refractivity contribution in [2.75, 3.05) is 23.9 Å². The number of barbiturate groups is 1. The van der Waals surface area contributed by atoms with Crippen LogP contribution in [0.1, 0.15) is 5.56 Å². The summed E-state index contributed by atoms with van der Waals surface area (Å²) in [4.78, 5) is 51.5. The van der Waals surface area contributed by atoms with Gasteiger partial charge in [-0.1, -0.05) is 39.7 Å². The zero-order valence-corrected chi connectivity index (χ0v) is 21.6. The quantitative estimate of drug-likeness (QED) is 0.305. The maximum atomic E-state index is 13.2. The molecule has 11 heteroatoms. The molecule has 0 bridgehead atoms. The first-order valence-corrected chi connectivity index (χ1v) is 12.0. The summed E-state index contributed by atoms with van der Waals surface area (Å²) in [6.45, 7) is -0.361. The van der Waals surface area contributed by atoms with Crippen molar-refractivity contribution in [3.05, 3.63) is 87.4 Å². The van der Waals surface area contributed by atoms with E-state index in [2.05, 4.69) is 26.6 Å². The lowest BCUT2D eigenvalue weighted by molar-refractivity contribution is -0.122. The van der Waals surface area contributed by atoms with Gasteiger partial charge in [0.05, 0.1) is 23.5 Å². The van der Waals surface area contributed by atoms with Crippen molar-refractivity contribution < 1.29 is 28.7 Å². The smallest absolute Gasteiger partial charge is 0.335 e. The summed E-state index contributed by atoms with van der Waals surface area (Å²) in [5.41, 5.74) is 0.730. The van der Waals surface area contributed by atoms with E-state index in [1.54, 1.807) is 54.6 Å². The van der Waals surface area contributed by atoms with Crippen molar-refractivity contribution in [3.63, 3.8) is 0 Å². The molecule has 0 saturated carbocycles. The van der Waals surface area contributed by atoms with E-state index < -0.39 is 23.8 Å². The first kappa shape index (κ1) is 25.9. The molecule has 37 heavy (non-hydrogen) atoms. The largest absolute Gasteiger partial charge is 0.497 e. The molecule has 4 rings (SSSR count). The van der Waals surface area contributed by atoms with Gasteiger partial charge < -0.3 is 14.8 Å². The number of hydrogen-bond donors (Lipinski definition) is 2. The molecular weight excluding hydrogens is 566 g/mol. The van der Waals surface area contributed by atoms with Crippen LogP contribution in [0.25, 0.3) is 6.08 Å². The molecule has 0 radical (unpaired) electrons. The number of imide groups is 2. The summed E-state index contributed by atoms with van der Waals surface area (Å²) in [5.74, 6) is -1.37. The van der Waals surface area contributed by atoms with E-state index in [9.17, 15) is 19.2 Å². The third-order valence-electron chi connectivity index (χ3n) is 5.21. The molecule has 1 fully saturated rings. The van der Waals surface area contributed by atoms with Gasteiger partial charge in [-0.05, 0) is 60.7 Å². The van der Waals surface area contributed by atoms with E-state index in [4.69, 9.17) is 21.1 Å². The summed E-state index contributed by atoms with van der Waals surface area (Å²) in [6, 6.07) is 17.0. The van der Waals surface area contributed by atoms with Gasteiger partial charge in [0, 0.05) is 10.0 Å². The van der Waals surface area contributed by atoms with Gasteiger partial charge in [-0.2, -0.15) is 0 Å². The number of amides is 5. The van der Waals surface area contributed by atoms with E-state index in [0.29, 0.717) is 26.5 Å². The molecule has 2 N–H and O–H groups in total. The van der Waals surface area contributed by atoms with Crippen LogP contribution in [0.3, 0.4) is 0 Å². The standard InChI is InChI=1S/C26H19BrClN3O6/c1-36-18-9-7-17(8-10-18)31-25(34)19(24(33)30-26(31)35)13-15-12-16(27)6-11-22(15)37-14-23(32)29-21-5-3-2-4-20(21)28/h2-13H,14H2,1H3,(H,29,32)(H,30,33,35)/b19-13+. The van der Waals surface area contributed by atoms with E-state index >= 15 is 0 Å². The summed E-state index contributed by atoms with van der Waals surface area (Å²) in [6.07, 6.45) is 1.30. The monoisotopic (exact) mass is 583 g/mol. The highest BCUT2D eigenvalue weighted by Gasteiger charge is 2.37. The Kier molecular flexibility index (Phi) is 7.90. The molecule has 3 aromatic rings. The van der Waals surface area contributed by atoms with Crippen molar-refractivity contribution >= 4 is 68.7 Å². The average molecular weight is 585 g/mol. The Labute approximate surface area is 225 Å². The lowest BCUT2D eigenvalue weighted by Gasteiger charge is -2.26. The minimum Gasteiger partial charge on any atom is -0.497 e. The van der Waals surface area contributed by atoms with E-state index in [0.717, 1.165) is 4.90 Å². The Morgan fingerprint density at radius 1 is 1.08 bits per heavy atom. The van der Waals surface area contributed by atoms with E-state index in [1.165, 1.54) is 25.3 Å². The van der Waals surface area contributed by atoms with Gasteiger partial charge in [0.1, 0.15) is 17.1 Å². The Hall–Kier alpha value is -4.15. The topological polar surface area (TPSA) is 114 Å². The van der Waals surface area contributed by atoms with Crippen LogP contribution in [0, 0.1) is 0 Å². The molecule has 0 aromatic heterocycles. The van der Waals surface area contributed by atoms with Crippen molar-refractivity contribution in [2.24, 2.45) is 0 Å². The number of nitrogens with one attached hydrogen (secondary N) is 2. The third-order valence-corrected chi connectivity index (χ3v) is 6.03. The molecule has 1 heterocycles. The molecule has 3 aromatic carbocycles. The number of rotatable bonds is 7. The molecule has 1 saturated heterocycles. The van der Waals surface area contributed by atoms with Crippen LogP contribution in [0.2, 0.25) is 5.02 Å². The summed E-state index contributed by atoms with van der Waals surface area (Å²) in [5, 5.41) is 5.20. The summed E-state index contributed by atoms with van der Waals surface area (Å²) < 4.78 is 11.4. The van der Waals surface area contributed by atoms with Gasteiger partial charge in [-0.25, -0.2) is 9.69 Å². The van der Waals surface area contributed by atoms with Gasteiger partial charge in [-0.15, -0.1) is 0 Å². The number of methoxy groups -OCH3 is 1. The van der Waals surface area contributed by atoms with Gasteiger partial charge in [0.15, 0.2) is 6.61 Å². The highest BCUT2D eigenvalue weighted by molar-refractivity contribution is 9.10. The number of halogens is 2. The van der Waals surface area contributed by atoms with Gasteiger partial charge in [0.25, 0.3) is 17.7 Å². The van der Waals surface area contributed by atoms with Crippen molar-refractivity contribution in [2.45, 2.75) is 0 Å². The number of para-hydroxylation sites is 1. The Balaban J connectivity index is 1.58. The molecule has 0 spiro atoms. The van der Waals surface area contributed by atoms with Gasteiger partial charge in [-0.3, -0.25) is 19.7 Å². The van der Waals surface area contributed by atoms with Crippen molar-refractivity contribution in [3.8, 4) is 11.5 Å². The highest BCUT2D eigenvalue weighted by atomic mass is 79.9. The SMILES string of the molecule is COc1ccc(N2C(=O)NC(=O)/C(=C\c3cc(Br)ccc3OCC(=O)Nc3ccccc3Cl)C2=O)cc1. The second-order valence-electron chi connectivity index (χ2n) is 7.65. The Morgan fingerprint density at radius 2 is 1.81 bits per heavy atom. The maximum absolute atomic E-state index is 13.2. The maximum Gasteiger partial charge on any atom is 0.335 e.